The number of hydrogen-bond acceptors (Lipinski definition) is 5. The van der Waals surface area contributed by atoms with Gasteiger partial charge in [0.2, 0.25) is 12.7 Å². The van der Waals surface area contributed by atoms with Crippen molar-refractivity contribution in [2.24, 2.45) is 5.41 Å². The Morgan fingerprint density at radius 2 is 2.00 bits per heavy atom. The third kappa shape index (κ3) is 3.57. The van der Waals surface area contributed by atoms with Crippen LogP contribution in [0.5, 0.6) is 11.5 Å². The molecule has 1 aromatic heterocycles. The van der Waals surface area contributed by atoms with Crippen molar-refractivity contribution in [2.45, 2.75) is 51.6 Å². The number of rotatable bonds is 5. The molecule has 29 heavy (non-hydrogen) atoms. The standard InChI is InChI=1S/C23H27N3O3/c1-23(2)10-12-26(13-18-20-19(9-11-24-18)28-14-29-20)21(23)22(27)25-17-7-5-16(6-8-17)15-3-4-15/h5-9,11,15,21H,3-4,10,12-14H2,1-2H3,(H,25,27). The summed E-state index contributed by atoms with van der Waals surface area (Å²) in [6.07, 6.45) is 5.25. The zero-order chi connectivity index (χ0) is 20.0. The Balaban J connectivity index is 1.33. The van der Waals surface area contributed by atoms with Crippen LogP contribution in [-0.4, -0.2) is 35.2 Å². The zero-order valence-electron chi connectivity index (χ0n) is 17.0. The van der Waals surface area contributed by atoms with Crippen LogP contribution < -0.4 is 14.8 Å². The normalized spacial score (nSPS) is 22.6. The largest absolute Gasteiger partial charge is 0.453 e. The zero-order valence-corrected chi connectivity index (χ0v) is 17.0. The molecule has 1 saturated carbocycles. The van der Waals surface area contributed by atoms with Gasteiger partial charge in [0.05, 0.1) is 6.04 Å². The Bertz CT molecular complexity index is 921. The first-order valence-corrected chi connectivity index (χ1v) is 10.4. The van der Waals surface area contributed by atoms with E-state index in [1.807, 2.05) is 18.2 Å². The van der Waals surface area contributed by atoms with Crippen molar-refractivity contribution in [2.75, 3.05) is 18.7 Å². The Morgan fingerprint density at radius 3 is 2.76 bits per heavy atom. The van der Waals surface area contributed by atoms with Gasteiger partial charge in [-0.2, -0.15) is 0 Å². The van der Waals surface area contributed by atoms with Crippen LogP contribution >= 0.6 is 0 Å². The number of nitrogens with zero attached hydrogens (tertiary/aromatic N) is 2. The van der Waals surface area contributed by atoms with Gasteiger partial charge >= 0.3 is 0 Å². The van der Waals surface area contributed by atoms with E-state index in [-0.39, 0.29) is 24.2 Å². The van der Waals surface area contributed by atoms with E-state index in [9.17, 15) is 4.79 Å². The molecule has 6 nitrogen and oxygen atoms in total. The first-order valence-electron chi connectivity index (χ1n) is 10.4. The molecule has 152 valence electrons. The maximum Gasteiger partial charge on any atom is 0.242 e. The first kappa shape index (κ1) is 18.4. The molecule has 6 heteroatoms. The molecule has 2 fully saturated rings. The SMILES string of the molecule is CC1(C)CCN(Cc2nccc3c2OCO3)C1C(=O)Nc1ccc(C2CC2)cc1. The second-order valence-corrected chi connectivity index (χ2v) is 8.99. The Kier molecular flexibility index (Phi) is 4.46. The second kappa shape index (κ2) is 7.02. The molecule has 5 rings (SSSR count). The number of carbonyl (C=O) groups is 1. The number of nitrogens with one attached hydrogen (secondary N) is 1. The summed E-state index contributed by atoms with van der Waals surface area (Å²) in [4.78, 5) is 20.0. The van der Waals surface area contributed by atoms with Gasteiger partial charge in [0.1, 0.15) is 5.69 Å². The second-order valence-electron chi connectivity index (χ2n) is 8.99. The summed E-state index contributed by atoms with van der Waals surface area (Å²) in [5.41, 5.74) is 2.94. The average molecular weight is 393 g/mol. The Labute approximate surface area is 171 Å². The number of anilines is 1. The van der Waals surface area contributed by atoms with E-state index in [1.165, 1.54) is 18.4 Å². The molecule has 0 bridgehead atoms. The highest BCUT2D eigenvalue weighted by Gasteiger charge is 2.45. The monoisotopic (exact) mass is 393 g/mol. The van der Waals surface area contributed by atoms with Gasteiger partial charge in [-0.3, -0.25) is 14.7 Å². The molecule has 3 aliphatic rings. The predicted octanol–water partition coefficient (Wildman–Crippen LogP) is 3.93. The molecule has 3 heterocycles. The average Bonchev–Trinajstić information content (AvgIpc) is 3.35. The van der Waals surface area contributed by atoms with Crippen molar-refractivity contribution in [1.82, 2.24) is 9.88 Å². The van der Waals surface area contributed by atoms with Crippen molar-refractivity contribution in [3.8, 4) is 11.5 Å². The number of fused-ring (bicyclic) bond motifs is 1. The van der Waals surface area contributed by atoms with Crippen molar-refractivity contribution in [1.29, 1.82) is 0 Å². The van der Waals surface area contributed by atoms with Gasteiger partial charge in [0.15, 0.2) is 11.5 Å². The van der Waals surface area contributed by atoms with Gasteiger partial charge in [-0.15, -0.1) is 0 Å². The molecule has 1 saturated heterocycles. The molecule has 1 atom stereocenters. The molecule has 1 aliphatic carbocycles. The van der Waals surface area contributed by atoms with E-state index < -0.39 is 0 Å². The summed E-state index contributed by atoms with van der Waals surface area (Å²) in [6.45, 7) is 5.96. The molecular weight excluding hydrogens is 366 g/mol. The minimum atomic E-state index is -0.231. The number of benzene rings is 1. The van der Waals surface area contributed by atoms with Crippen LogP contribution in [0.25, 0.3) is 0 Å². The van der Waals surface area contributed by atoms with Crippen LogP contribution in [0, 0.1) is 5.41 Å². The fourth-order valence-electron chi connectivity index (χ4n) is 4.55. The summed E-state index contributed by atoms with van der Waals surface area (Å²) in [6, 6.07) is 9.91. The van der Waals surface area contributed by atoms with Crippen LogP contribution in [0.2, 0.25) is 0 Å². The van der Waals surface area contributed by atoms with Crippen LogP contribution in [-0.2, 0) is 11.3 Å². The molecule has 0 spiro atoms. The number of hydrogen-bond donors (Lipinski definition) is 1. The lowest BCUT2D eigenvalue weighted by molar-refractivity contribution is -0.123. The summed E-state index contributed by atoms with van der Waals surface area (Å²) < 4.78 is 11.1. The molecule has 2 aliphatic heterocycles. The topological polar surface area (TPSA) is 63.7 Å². The summed E-state index contributed by atoms with van der Waals surface area (Å²) >= 11 is 0. The highest BCUT2D eigenvalue weighted by molar-refractivity contribution is 5.95. The lowest BCUT2D eigenvalue weighted by Gasteiger charge is -2.31. The van der Waals surface area contributed by atoms with Crippen molar-refractivity contribution in [3.63, 3.8) is 0 Å². The number of amides is 1. The van der Waals surface area contributed by atoms with Crippen LogP contribution in [0.1, 0.15) is 50.3 Å². The molecular formula is C23H27N3O3. The predicted molar refractivity (Wildman–Crippen MR) is 110 cm³/mol. The maximum absolute atomic E-state index is 13.3. The molecule has 0 radical (unpaired) electrons. The van der Waals surface area contributed by atoms with Crippen molar-refractivity contribution in [3.05, 3.63) is 47.8 Å². The van der Waals surface area contributed by atoms with Crippen molar-refractivity contribution >= 4 is 11.6 Å². The fraction of sp³-hybridized carbons (Fsp3) is 0.478. The lowest BCUT2D eigenvalue weighted by Crippen LogP contribution is -2.46. The van der Waals surface area contributed by atoms with Gasteiger partial charge in [-0.05, 0) is 54.8 Å². The van der Waals surface area contributed by atoms with E-state index in [0.29, 0.717) is 12.3 Å². The van der Waals surface area contributed by atoms with Gasteiger partial charge in [-0.1, -0.05) is 26.0 Å². The van der Waals surface area contributed by atoms with E-state index in [0.717, 1.165) is 36.0 Å². The molecule has 1 amide bonds. The number of likely N-dealkylation sites (tertiary alicyclic amines) is 1. The van der Waals surface area contributed by atoms with E-state index in [4.69, 9.17) is 9.47 Å². The number of carbonyl (C=O) groups excluding carboxylic acids is 1. The minimum absolute atomic E-state index is 0.0383. The minimum Gasteiger partial charge on any atom is -0.453 e. The first-order chi connectivity index (χ1) is 14.0. The van der Waals surface area contributed by atoms with E-state index in [1.54, 1.807) is 6.20 Å². The van der Waals surface area contributed by atoms with Gasteiger partial charge in [0, 0.05) is 24.5 Å². The molecule has 1 aromatic carbocycles. The van der Waals surface area contributed by atoms with E-state index >= 15 is 0 Å². The number of aromatic nitrogens is 1. The third-order valence-electron chi connectivity index (χ3n) is 6.34. The summed E-state index contributed by atoms with van der Waals surface area (Å²) in [5.74, 6) is 2.18. The number of pyridine rings is 1. The lowest BCUT2D eigenvalue weighted by atomic mass is 9.84. The van der Waals surface area contributed by atoms with Crippen molar-refractivity contribution < 1.29 is 14.3 Å². The molecule has 1 N–H and O–H groups in total. The van der Waals surface area contributed by atoms with Crippen LogP contribution in [0.3, 0.4) is 0 Å². The van der Waals surface area contributed by atoms with Gasteiger partial charge < -0.3 is 14.8 Å². The third-order valence-corrected chi connectivity index (χ3v) is 6.34. The highest BCUT2D eigenvalue weighted by atomic mass is 16.7. The number of ether oxygens (including phenoxy) is 2. The summed E-state index contributed by atoms with van der Waals surface area (Å²) in [5, 5.41) is 3.14. The Hall–Kier alpha value is -2.60. The molecule has 2 aromatic rings. The highest BCUT2D eigenvalue weighted by Crippen LogP contribution is 2.41. The quantitative estimate of drug-likeness (QED) is 0.834. The molecule has 1 unspecified atom stereocenters. The van der Waals surface area contributed by atoms with E-state index in [2.05, 4.69) is 41.2 Å². The maximum atomic E-state index is 13.3. The van der Waals surface area contributed by atoms with Crippen LogP contribution in [0.4, 0.5) is 5.69 Å². The van der Waals surface area contributed by atoms with Gasteiger partial charge in [0.25, 0.3) is 0 Å². The fourth-order valence-corrected chi connectivity index (χ4v) is 4.55. The summed E-state index contributed by atoms with van der Waals surface area (Å²) in [7, 11) is 0. The Morgan fingerprint density at radius 1 is 1.21 bits per heavy atom. The van der Waals surface area contributed by atoms with Gasteiger partial charge in [-0.25, -0.2) is 0 Å². The smallest absolute Gasteiger partial charge is 0.242 e. The van der Waals surface area contributed by atoms with Crippen LogP contribution in [0.15, 0.2) is 36.5 Å².